The van der Waals surface area contributed by atoms with Gasteiger partial charge in [-0.15, -0.1) is 6.58 Å². The molecule has 4 rings (SSSR count). The number of esters is 1. The summed E-state index contributed by atoms with van der Waals surface area (Å²) in [5, 5.41) is 10.7. The molecule has 9 heteroatoms. The number of amides is 2. The highest BCUT2D eigenvalue weighted by molar-refractivity contribution is 9.09. The summed E-state index contributed by atoms with van der Waals surface area (Å²) in [5.74, 6) is -2.81. The number of nitrogens with zero attached hydrogens (tertiary/aromatic N) is 2. The predicted octanol–water partition coefficient (Wildman–Crippen LogP) is 4.13. The Labute approximate surface area is 252 Å². The molecule has 0 aromatic heterocycles. The Balaban J connectivity index is 1.85. The van der Waals surface area contributed by atoms with Crippen LogP contribution in [0.2, 0.25) is 0 Å². The monoisotopic (exact) mass is 632 g/mol. The molecule has 41 heavy (non-hydrogen) atoms. The number of likely N-dealkylation sites (tertiary alicyclic amines) is 1. The van der Waals surface area contributed by atoms with Gasteiger partial charge in [0.1, 0.15) is 11.6 Å². The van der Waals surface area contributed by atoms with Crippen LogP contribution in [0, 0.1) is 17.3 Å². The number of aliphatic hydroxyl groups excluding tert-OH is 1. The minimum atomic E-state index is -1.23. The summed E-state index contributed by atoms with van der Waals surface area (Å²) in [5.41, 5.74) is -0.951. The van der Waals surface area contributed by atoms with Gasteiger partial charge in [-0.25, -0.2) is 0 Å². The van der Waals surface area contributed by atoms with Crippen molar-refractivity contribution in [3.8, 4) is 0 Å². The molecule has 226 valence electrons. The molecule has 1 N–H and O–H groups in total. The smallest absolute Gasteiger partial charge is 0.312 e. The summed E-state index contributed by atoms with van der Waals surface area (Å²) >= 11 is 3.70. The second-order valence-electron chi connectivity index (χ2n) is 13.5. The topological polar surface area (TPSA) is 96.4 Å². The minimum absolute atomic E-state index is 0.0750. The van der Waals surface area contributed by atoms with Crippen LogP contribution in [0.4, 0.5) is 0 Å². The van der Waals surface area contributed by atoms with Crippen LogP contribution in [0.25, 0.3) is 0 Å². The molecular weight excluding hydrogens is 588 g/mol. The Bertz CT molecular complexity index is 1150. The van der Waals surface area contributed by atoms with Crippen LogP contribution in [0.15, 0.2) is 43.0 Å². The van der Waals surface area contributed by atoms with Crippen molar-refractivity contribution in [2.45, 2.75) is 95.0 Å². The van der Waals surface area contributed by atoms with Crippen molar-refractivity contribution in [2.75, 3.05) is 19.8 Å². The normalized spacial score (nSPS) is 29.8. The lowest BCUT2D eigenvalue weighted by atomic mass is 9.70. The molecule has 3 aliphatic heterocycles. The third-order valence-electron chi connectivity index (χ3n) is 8.71. The second-order valence-corrected chi connectivity index (χ2v) is 14.7. The third-order valence-corrected chi connectivity index (χ3v) is 9.55. The molecule has 1 unspecified atom stereocenters. The number of aliphatic hydroxyl groups is 1. The fraction of sp³-hybridized carbons (Fsp3) is 0.656. The lowest BCUT2D eigenvalue weighted by Gasteiger charge is -2.46. The maximum Gasteiger partial charge on any atom is 0.312 e. The molecule has 8 nitrogen and oxygen atoms in total. The first kappa shape index (κ1) is 31.7. The number of hydrogen-bond acceptors (Lipinski definition) is 6. The number of carbonyl (C=O) groups is 3. The number of alkyl halides is 1. The fourth-order valence-corrected chi connectivity index (χ4v) is 8.63. The Hall–Kier alpha value is -2.23. The van der Waals surface area contributed by atoms with Crippen LogP contribution in [0.1, 0.15) is 59.9 Å². The first-order chi connectivity index (χ1) is 19.2. The maximum absolute atomic E-state index is 14.9. The minimum Gasteiger partial charge on any atom is -0.466 e. The number of carbonyl (C=O) groups excluding carboxylic acids is 3. The van der Waals surface area contributed by atoms with Gasteiger partial charge in [-0.1, -0.05) is 73.1 Å². The molecule has 3 heterocycles. The third kappa shape index (κ3) is 5.74. The molecule has 1 aromatic rings. The zero-order chi connectivity index (χ0) is 30.3. The van der Waals surface area contributed by atoms with Crippen molar-refractivity contribution < 1.29 is 29.0 Å². The number of rotatable bonds is 11. The van der Waals surface area contributed by atoms with E-state index in [1.807, 2.05) is 44.2 Å². The van der Waals surface area contributed by atoms with E-state index in [1.165, 1.54) is 4.90 Å². The number of halogens is 1. The molecule has 3 aliphatic rings. The summed E-state index contributed by atoms with van der Waals surface area (Å²) in [6.07, 6.45) is 2.57. The van der Waals surface area contributed by atoms with Crippen LogP contribution in [0.5, 0.6) is 0 Å². The highest BCUT2D eigenvalue weighted by atomic mass is 79.9. The highest BCUT2D eigenvalue weighted by Gasteiger charge is 2.77. The van der Waals surface area contributed by atoms with E-state index in [-0.39, 0.29) is 41.8 Å². The molecular formula is C32H45BrN2O6. The molecule has 0 radical (unpaired) electrons. The van der Waals surface area contributed by atoms with Gasteiger partial charge in [0.05, 0.1) is 37.2 Å². The van der Waals surface area contributed by atoms with Crippen molar-refractivity contribution in [3.05, 3.63) is 48.6 Å². The van der Waals surface area contributed by atoms with Crippen LogP contribution < -0.4 is 0 Å². The molecule has 1 aromatic carbocycles. The molecule has 3 saturated heterocycles. The van der Waals surface area contributed by atoms with Crippen LogP contribution in [-0.2, 0) is 30.3 Å². The average Bonchev–Trinajstić information content (AvgIpc) is 3.48. The van der Waals surface area contributed by atoms with Gasteiger partial charge >= 0.3 is 5.97 Å². The van der Waals surface area contributed by atoms with E-state index >= 15 is 0 Å². The summed E-state index contributed by atoms with van der Waals surface area (Å²) in [6, 6.07) is 7.89. The molecule has 3 fully saturated rings. The Morgan fingerprint density at radius 3 is 2.49 bits per heavy atom. The van der Waals surface area contributed by atoms with Crippen molar-refractivity contribution >= 4 is 33.7 Å². The van der Waals surface area contributed by atoms with Gasteiger partial charge in [0.15, 0.2) is 0 Å². The largest absolute Gasteiger partial charge is 0.466 e. The quantitative estimate of drug-likeness (QED) is 0.224. The van der Waals surface area contributed by atoms with Crippen LogP contribution in [0.3, 0.4) is 0 Å². The molecule has 2 bridgehead atoms. The van der Waals surface area contributed by atoms with Gasteiger partial charge in [0.2, 0.25) is 11.8 Å². The van der Waals surface area contributed by atoms with Crippen LogP contribution >= 0.6 is 15.9 Å². The van der Waals surface area contributed by atoms with Crippen molar-refractivity contribution in [3.63, 3.8) is 0 Å². The molecule has 0 aliphatic carbocycles. The zero-order valence-electron chi connectivity index (χ0n) is 25.1. The predicted molar refractivity (Wildman–Crippen MR) is 160 cm³/mol. The summed E-state index contributed by atoms with van der Waals surface area (Å²) in [7, 11) is 0. The van der Waals surface area contributed by atoms with Gasteiger partial charge in [-0.05, 0) is 51.0 Å². The summed E-state index contributed by atoms with van der Waals surface area (Å²) < 4.78 is 12.1. The summed E-state index contributed by atoms with van der Waals surface area (Å²) in [4.78, 5) is 45.8. The molecule has 1 spiro atoms. The van der Waals surface area contributed by atoms with E-state index in [4.69, 9.17) is 9.47 Å². The lowest BCUT2D eigenvalue weighted by molar-refractivity contribution is -0.157. The number of benzene rings is 1. The standard InChI is InChI=1S/C32H45BrN2O6/c1-8-15-34(31(6,7)19-30(3,4)5)28(38)26-32-17-22(33)25(41-32)23(29(39)40-9-2)24(32)27(37)35(26)21(18-36)16-20-13-11-10-12-14-20/h8,10-14,21-26,36H,1,9,15-19H2,2-7H3/t21-,22?,23+,24-,25+,26+,32-/m1/s1. The van der Waals surface area contributed by atoms with Gasteiger partial charge in [0, 0.05) is 16.9 Å². The van der Waals surface area contributed by atoms with Gasteiger partial charge < -0.3 is 24.4 Å². The zero-order valence-corrected chi connectivity index (χ0v) is 26.7. The van der Waals surface area contributed by atoms with Crippen molar-refractivity contribution in [1.29, 1.82) is 0 Å². The van der Waals surface area contributed by atoms with Gasteiger partial charge in [-0.2, -0.15) is 0 Å². The van der Waals surface area contributed by atoms with E-state index in [9.17, 15) is 19.5 Å². The SMILES string of the molecule is C=CCN(C(=O)[C@@H]1N([C@@H](CO)Cc2ccccc2)C(=O)[C@H]2[C@H](C(=O)OCC)[C@H]3O[C@@]12CC3Br)C(C)(C)CC(C)(C)C. The van der Waals surface area contributed by atoms with E-state index < -0.39 is 47.1 Å². The first-order valence-corrected chi connectivity index (χ1v) is 15.5. The Kier molecular flexibility index (Phi) is 9.13. The summed E-state index contributed by atoms with van der Waals surface area (Å²) in [6.45, 7) is 16.2. The molecule has 2 amide bonds. The van der Waals surface area contributed by atoms with E-state index in [0.29, 0.717) is 19.3 Å². The first-order valence-electron chi connectivity index (χ1n) is 14.6. The Morgan fingerprint density at radius 1 is 1.27 bits per heavy atom. The van der Waals surface area contributed by atoms with E-state index in [1.54, 1.807) is 17.9 Å². The maximum atomic E-state index is 14.9. The number of ether oxygens (including phenoxy) is 2. The van der Waals surface area contributed by atoms with E-state index in [0.717, 1.165) is 5.56 Å². The van der Waals surface area contributed by atoms with Gasteiger partial charge in [0.25, 0.3) is 0 Å². The van der Waals surface area contributed by atoms with Crippen molar-refractivity contribution in [1.82, 2.24) is 9.80 Å². The van der Waals surface area contributed by atoms with Crippen LogP contribution in [-0.4, -0.2) is 86.6 Å². The molecule has 7 atom stereocenters. The Morgan fingerprint density at radius 2 is 1.93 bits per heavy atom. The fourth-order valence-electron chi connectivity index (χ4n) is 7.69. The number of hydrogen-bond donors (Lipinski definition) is 1. The van der Waals surface area contributed by atoms with E-state index in [2.05, 4.69) is 43.3 Å². The van der Waals surface area contributed by atoms with Crippen molar-refractivity contribution in [2.24, 2.45) is 17.3 Å². The van der Waals surface area contributed by atoms with Gasteiger partial charge in [-0.3, -0.25) is 14.4 Å². The lowest BCUT2D eigenvalue weighted by Crippen LogP contribution is -2.63. The average molecular weight is 634 g/mol. The number of fused-ring (bicyclic) bond motifs is 1. The highest BCUT2D eigenvalue weighted by Crippen LogP contribution is 2.61. The molecule has 0 saturated carbocycles. The second kappa shape index (κ2) is 11.8.